The van der Waals surface area contributed by atoms with E-state index in [1.54, 1.807) is 27.4 Å². The van der Waals surface area contributed by atoms with Crippen molar-refractivity contribution in [3.63, 3.8) is 0 Å². The van der Waals surface area contributed by atoms with Gasteiger partial charge in [-0.3, -0.25) is 14.2 Å². The number of carbonyl (C=O) groups excluding carboxylic acids is 2. The van der Waals surface area contributed by atoms with E-state index in [2.05, 4.69) is 5.32 Å². The average molecular weight is 489 g/mol. The van der Waals surface area contributed by atoms with Crippen molar-refractivity contribution < 1.29 is 19.5 Å². The average Bonchev–Trinajstić information content (AvgIpc) is 3.25. The van der Waals surface area contributed by atoms with Crippen LogP contribution in [-0.2, 0) is 4.79 Å². The van der Waals surface area contributed by atoms with Gasteiger partial charge in [-0.2, -0.15) is 0 Å². The second-order valence-electron chi connectivity index (χ2n) is 9.30. The molecule has 0 bridgehead atoms. The fraction of sp³-hybridized carbons (Fsp3) is 0.478. The van der Waals surface area contributed by atoms with E-state index >= 15 is 0 Å². The number of hydrogen-bond donors (Lipinski definition) is 2. The molecule has 0 spiro atoms. The van der Waals surface area contributed by atoms with Crippen LogP contribution in [0.1, 0.15) is 31.5 Å². The van der Waals surface area contributed by atoms with Gasteiger partial charge in [-0.15, -0.1) is 11.8 Å². The molecule has 2 aliphatic rings. The summed E-state index contributed by atoms with van der Waals surface area (Å²) in [6.07, 6.45) is 1.96. The van der Waals surface area contributed by atoms with Crippen LogP contribution >= 0.6 is 24.0 Å². The van der Waals surface area contributed by atoms with Gasteiger partial charge < -0.3 is 20.2 Å². The number of thioether (sulfide) groups is 1. The van der Waals surface area contributed by atoms with E-state index in [4.69, 9.17) is 17.3 Å². The predicted molar refractivity (Wildman–Crippen MR) is 133 cm³/mol. The standard InChI is InChI=1S/C23H28N4O4S2/c1-23(2)12-18-27(19(23)21(29)26-10-8-14-6-4-5-7-16(14)26)20(28)15(9-11-33-18)24-17(32)13-25(3)22(30)31/h4-8,10,15,18-19H,9,11-13H2,1-3H3,(H,24,32)(H,30,31)/t15-,18-,19+/m0/s1. The van der Waals surface area contributed by atoms with Gasteiger partial charge in [-0.25, -0.2) is 4.79 Å². The summed E-state index contributed by atoms with van der Waals surface area (Å²) in [5.41, 5.74) is 0.422. The molecule has 2 aromatic rings. The number of benzene rings is 1. The Kier molecular flexibility index (Phi) is 6.41. The highest BCUT2D eigenvalue weighted by Crippen LogP contribution is 2.46. The summed E-state index contributed by atoms with van der Waals surface area (Å²) >= 11 is 7.01. The zero-order valence-electron chi connectivity index (χ0n) is 18.9. The first kappa shape index (κ1) is 23.6. The van der Waals surface area contributed by atoms with Crippen molar-refractivity contribution in [3.8, 4) is 0 Å². The minimum Gasteiger partial charge on any atom is -0.465 e. The van der Waals surface area contributed by atoms with Gasteiger partial charge >= 0.3 is 6.09 Å². The van der Waals surface area contributed by atoms with Crippen molar-refractivity contribution in [2.45, 2.75) is 44.1 Å². The zero-order valence-corrected chi connectivity index (χ0v) is 20.5. The summed E-state index contributed by atoms with van der Waals surface area (Å²) in [7, 11) is 1.43. The van der Waals surface area contributed by atoms with Crippen molar-refractivity contribution in [2.75, 3.05) is 19.3 Å². The van der Waals surface area contributed by atoms with Crippen LogP contribution in [0.15, 0.2) is 36.5 Å². The molecular weight excluding hydrogens is 460 g/mol. The van der Waals surface area contributed by atoms with E-state index in [-0.39, 0.29) is 23.7 Å². The van der Waals surface area contributed by atoms with Crippen molar-refractivity contribution in [2.24, 2.45) is 5.41 Å². The first-order valence-electron chi connectivity index (χ1n) is 10.9. The number of thiocarbonyl (C=S) groups is 1. The van der Waals surface area contributed by atoms with Crippen LogP contribution in [0.2, 0.25) is 0 Å². The molecule has 0 saturated carbocycles. The van der Waals surface area contributed by atoms with E-state index in [1.165, 1.54) is 7.05 Å². The molecule has 176 valence electrons. The van der Waals surface area contributed by atoms with Gasteiger partial charge in [0.25, 0.3) is 5.91 Å². The largest absolute Gasteiger partial charge is 0.465 e. The Morgan fingerprint density at radius 2 is 2.03 bits per heavy atom. The number of nitrogens with one attached hydrogen (secondary N) is 1. The third-order valence-electron chi connectivity index (χ3n) is 6.41. The Bertz CT molecular complexity index is 1110. The molecular formula is C23H28N4O4S2. The number of carbonyl (C=O) groups is 3. The number of likely N-dealkylation sites (N-methyl/N-ethyl adjacent to an activating group) is 1. The van der Waals surface area contributed by atoms with Crippen LogP contribution in [-0.4, -0.2) is 79.2 Å². The Morgan fingerprint density at radius 3 is 2.76 bits per heavy atom. The first-order chi connectivity index (χ1) is 15.6. The van der Waals surface area contributed by atoms with Crippen LogP contribution in [0, 0.1) is 5.41 Å². The number of amides is 2. The van der Waals surface area contributed by atoms with E-state index in [0.717, 1.165) is 28.0 Å². The summed E-state index contributed by atoms with van der Waals surface area (Å²) in [6.45, 7) is 4.09. The number of carboxylic acid groups (broad SMARTS) is 1. The van der Waals surface area contributed by atoms with Gasteiger partial charge in [0.15, 0.2) is 0 Å². The molecule has 2 saturated heterocycles. The lowest BCUT2D eigenvalue weighted by atomic mass is 9.84. The second kappa shape index (κ2) is 8.98. The van der Waals surface area contributed by atoms with Crippen LogP contribution < -0.4 is 5.32 Å². The Morgan fingerprint density at radius 1 is 1.30 bits per heavy atom. The molecule has 2 amide bonds. The number of hydrogen-bond acceptors (Lipinski definition) is 5. The third-order valence-corrected chi connectivity index (χ3v) is 7.91. The molecule has 3 atom stereocenters. The molecule has 2 aliphatic heterocycles. The SMILES string of the molecule is CN(CC(=S)N[C@H]1CCS[C@H]2CC(C)(C)[C@@H](C(=O)n3ccc4ccccc43)N2C1=O)C(=O)O. The maximum absolute atomic E-state index is 13.8. The summed E-state index contributed by atoms with van der Waals surface area (Å²) in [5.74, 6) is 0.461. The van der Waals surface area contributed by atoms with E-state index < -0.39 is 23.6 Å². The lowest BCUT2D eigenvalue weighted by Crippen LogP contribution is -2.55. The van der Waals surface area contributed by atoms with Gasteiger partial charge in [0, 0.05) is 18.6 Å². The molecule has 1 aromatic heterocycles. The van der Waals surface area contributed by atoms with Crippen molar-refractivity contribution in [3.05, 3.63) is 36.5 Å². The van der Waals surface area contributed by atoms with Crippen LogP contribution in [0.5, 0.6) is 0 Å². The molecule has 2 fully saturated rings. The lowest BCUT2D eigenvalue weighted by Gasteiger charge is -2.34. The van der Waals surface area contributed by atoms with Gasteiger partial charge in [0.2, 0.25) is 5.91 Å². The smallest absolute Gasteiger partial charge is 0.407 e. The monoisotopic (exact) mass is 488 g/mol. The molecule has 10 heteroatoms. The lowest BCUT2D eigenvalue weighted by molar-refractivity contribution is -0.134. The molecule has 0 aliphatic carbocycles. The molecule has 1 aromatic carbocycles. The molecule has 2 N–H and O–H groups in total. The van der Waals surface area contributed by atoms with Crippen molar-refractivity contribution >= 4 is 57.8 Å². The van der Waals surface area contributed by atoms with Gasteiger partial charge in [-0.05, 0) is 36.1 Å². The third kappa shape index (κ3) is 4.46. The maximum Gasteiger partial charge on any atom is 0.407 e. The fourth-order valence-electron chi connectivity index (χ4n) is 4.75. The van der Waals surface area contributed by atoms with Crippen LogP contribution in [0.3, 0.4) is 0 Å². The van der Waals surface area contributed by atoms with Gasteiger partial charge in [0.05, 0.1) is 22.4 Å². The van der Waals surface area contributed by atoms with Gasteiger partial charge in [0.1, 0.15) is 12.1 Å². The maximum atomic E-state index is 13.8. The second-order valence-corrected chi connectivity index (χ2v) is 11.1. The van der Waals surface area contributed by atoms with E-state index in [9.17, 15) is 14.4 Å². The molecule has 0 radical (unpaired) electrons. The highest BCUT2D eigenvalue weighted by Gasteiger charge is 2.54. The molecule has 4 rings (SSSR count). The highest BCUT2D eigenvalue weighted by atomic mass is 32.2. The Labute approximate surface area is 202 Å². The summed E-state index contributed by atoms with van der Waals surface area (Å²) in [4.78, 5) is 41.8. The minimum absolute atomic E-state index is 0.00816. The van der Waals surface area contributed by atoms with E-state index in [1.807, 2.05) is 44.2 Å². The molecule has 8 nitrogen and oxygen atoms in total. The molecule has 33 heavy (non-hydrogen) atoms. The normalized spacial score (nSPS) is 24.3. The number of fused-ring (bicyclic) bond motifs is 2. The Balaban J connectivity index is 1.62. The topological polar surface area (TPSA) is 94.9 Å². The van der Waals surface area contributed by atoms with Crippen LogP contribution in [0.25, 0.3) is 10.9 Å². The summed E-state index contributed by atoms with van der Waals surface area (Å²) in [5, 5.41) is 13.0. The first-order valence-corrected chi connectivity index (χ1v) is 12.3. The number of para-hydroxylation sites is 1. The number of rotatable bonds is 4. The Hall–Kier alpha value is -2.59. The number of nitrogens with zero attached hydrogens (tertiary/aromatic N) is 3. The zero-order chi connectivity index (χ0) is 23.9. The molecule has 3 heterocycles. The van der Waals surface area contributed by atoms with Crippen molar-refractivity contribution in [1.29, 1.82) is 0 Å². The number of aromatic nitrogens is 1. The minimum atomic E-state index is -1.09. The van der Waals surface area contributed by atoms with Crippen molar-refractivity contribution in [1.82, 2.24) is 19.7 Å². The predicted octanol–water partition coefficient (Wildman–Crippen LogP) is 3.27. The quantitative estimate of drug-likeness (QED) is 0.638. The van der Waals surface area contributed by atoms with E-state index in [0.29, 0.717) is 11.4 Å². The highest BCUT2D eigenvalue weighted by molar-refractivity contribution is 7.99. The summed E-state index contributed by atoms with van der Waals surface area (Å²) in [6, 6.07) is 8.41. The fourth-order valence-corrected chi connectivity index (χ4v) is 6.67. The van der Waals surface area contributed by atoms with Gasteiger partial charge in [-0.1, -0.05) is 44.3 Å². The van der Waals surface area contributed by atoms with Crippen LogP contribution in [0.4, 0.5) is 4.79 Å². The summed E-state index contributed by atoms with van der Waals surface area (Å²) < 4.78 is 1.65. The molecule has 0 unspecified atom stereocenters.